The molecule has 0 saturated heterocycles. The van der Waals surface area contributed by atoms with Gasteiger partial charge in [-0.1, -0.05) is 0 Å². The van der Waals surface area contributed by atoms with Crippen LogP contribution in [0, 0.1) is 0 Å². The second-order valence-corrected chi connectivity index (χ2v) is 2.68. The van der Waals surface area contributed by atoms with Crippen LogP contribution in [0.4, 0.5) is 0 Å². The zero-order valence-corrected chi connectivity index (χ0v) is 7.94. The first-order valence-electron chi connectivity index (χ1n) is 3.92. The lowest BCUT2D eigenvalue weighted by molar-refractivity contribution is -0.156. The summed E-state index contributed by atoms with van der Waals surface area (Å²) in [6, 6.07) is 0. The summed E-state index contributed by atoms with van der Waals surface area (Å²) in [6.45, 7) is 3.84. The highest BCUT2D eigenvalue weighted by Gasteiger charge is 2.17. The van der Waals surface area contributed by atoms with E-state index < -0.39 is 24.1 Å². The maximum atomic E-state index is 10.5. The monoisotopic (exact) mass is 190 g/mol. The molecule has 1 N–H and O–H groups in total. The van der Waals surface area contributed by atoms with Crippen LogP contribution in [0.3, 0.4) is 0 Å². The van der Waals surface area contributed by atoms with Crippen molar-refractivity contribution in [3.63, 3.8) is 0 Å². The van der Waals surface area contributed by atoms with Gasteiger partial charge in [0.1, 0.15) is 18.8 Å². The molecule has 0 radical (unpaired) electrons. The van der Waals surface area contributed by atoms with E-state index in [1.54, 1.807) is 0 Å². The van der Waals surface area contributed by atoms with Gasteiger partial charge in [0, 0.05) is 13.8 Å². The van der Waals surface area contributed by atoms with Gasteiger partial charge in [0.05, 0.1) is 0 Å². The van der Waals surface area contributed by atoms with Gasteiger partial charge in [-0.25, -0.2) is 0 Å². The number of hydrogen-bond acceptors (Lipinski definition) is 5. The molecule has 0 aliphatic carbocycles. The van der Waals surface area contributed by atoms with Crippen molar-refractivity contribution in [2.45, 2.75) is 33.0 Å². The standard InChI is InChI=1S/C8H14O5/c1-5(13-7(3)10)8(11)4-12-6(2)9/h5,8,11H,4H2,1-3H3/t5-,8+/m0/s1. The highest BCUT2D eigenvalue weighted by Crippen LogP contribution is 2.00. The van der Waals surface area contributed by atoms with Gasteiger partial charge in [-0.15, -0.1) is 0 Å². The SMILES string of the molecule is CC(=O)OC[C@@H](O)[C@H](C)OC(C)=O. The van der Waals surface area contributed by atoms with Gasteiger partial charge in [-0.05, 0) is 6.92 Å². The summed E-state index contributed by atoms with van der Waals surface area (Å²) in [7, 11) is 0. The number of aliphatic hydroxyl groups is 1. The average molecular weight is 190 g/mol. The average Bonchev–Trinajstić information content (AvgIpc) is 1.98. The summed E-state index contributed by atoms with van der Waals surface area (Å²) in [4.78, 5) is 20.8. The molecule has 0 spiro atoms. The molecule has 0 fully saturated rings. The third kappa shape index (κ3) is 6.10. The molecule has 5 nitrogen and oxygen atoms in total. The van der Waals surface area contributed by atoms with Crippen LogP contribution in [0.2, 0.25) is 0 Å². The summed E-state index contributed by atoms with van der Waals surface area (Å²) in [5.74, 6) is -0.955. The molecule has 0 unspecified atom stereocenters. The molecule has 0 saturated carbocycles. The maximum Gasteiger partial charge on any atom is 0.302 e. The summed E-state index contributed by atoms with van der Waals surface area (Å²) < 4.78 is 9.19. The van der Waals surface area contributed by atoms with Gasteiger partial charge in [-0.3, -0.25) is 9.59 Å². The van der Waals surface area contributed by atoms with Crippen molar-refractivity contribution in [3.8, 4) is 0 Å². The Hall–Kier alpha value is -1.10. The summed E-state index contributed by atoms with van der Waals surface area (Å²) in [5, 5.41) is 9.26. The smallest absolute Gasteiger partial charge is 0.302 e. The minimum absolute atomic E-state index is 0.163. The first-order valence-corrected chi connectivity index (χ1v) is 3.92. The molecule has 0 aromatic carbocycles. The highest BCUT2D eigenvalue weighted by molar-refractivity contribution is 5.66. The molecule has 0 bridgehead atoms. The third-order valence-corrected chi connectivity index (χ3v) is 1.35. The quantitative estimate of drug-likeness (QED) is 0.625. The second kappa shape index (κ2) is 5.53. The predicted octanol–water partition coefficient (Wildman–Crippen LogP) is -0.138. The van der Waals surface area contributed by atoms with Gasteiger partial charge < -0.3 is 14.6 Å². The molecule has 2 atom stereocenters. The molecule has 0 aromatic heterocycles. The Balaban J connectivity index is 3.75. The van der Waals surface area contributed by atoms with Crippen molar-refractivity contribution in [1.29, 1.82) is 0 Å². The van der Waals surface area contributed by atoms with Crippen molar-refractivity contribution < 1.29 is 24.2 Å². The van der Waals surface area contributed by atoms with Crippen LogP contribution in [0.15, 0.2) is 0 Å². The fraction of sp³-hybridized carbons (Fsp3) is 0.750. The van der Waals surface area contributed by atoms with Gasteiger partial charge in [0.25, 0.3) is 0 Å². The topological polar surface area (TPSA) is 72.8 Å². The van der Waals surface area contributed by atoms with E-state index in [1.165, 1.54) is 20.8 Å². The number of esters is 2. The lowest BCUT2D eigenvalue weighted by atomic mass is 10.2. The zero-order valence-electron chi connectivity index (χ0n) is 7.94. The second-order valence-electron chi connectivity index (χ2n) is 2.68. The fourth-order valence-electron chi connectivity index (χ4n) is 0.679. The molecule has 0 rings (SSSR count). The largest absolute Gasteiger partial charge is 0.463 e. The fourth-order valence-corrected chi connectivity index (χ4v) is 0.679. The molecule has 13 heavy (non-hydrogen) atoms. The Kier molecular flexibility index (Phi) is 5.06. The van der Waals surface area contributed by atoms with Crippen molar-refractivity contribution in [3.05, 3.63) is 0 Å². The van der Waals surface area contributed by atoms with Crippen LogP contribution in [0.5, 0.6) is 0 Å². The van der Waals surface area contributed by atoms with Crippen molar-refractivity contribution in [1.82, 2.24) is 0 Å². The van der Waals surface area contributed by atoms with Gasteiger partial charge in [0.2, 0.25) is 0 Å². The van der Waals surface area contributed by atoms with Gasteiger partial charge >= 0.3 is 11.9 Å². The summed E-state index contributed by atoms with van der Waals surface area (Å²) in [5.41, 5.74) is 0. The Morgan fingerprint density at radius 3 is 2.23 bits per heavy atom. The van der Waals surface area contributed by atoms with E-state index in [9.17, 15) is 14.7 Å². The normalized spacial score (nSPS) is 14.5. The molecule has 0 heterocycles. The number of ether oxygens (including phenoxy) is 2. The molecule has 0 amide bonds. The summed E-state index contributed by atoms with van der Waals surface area (Å²) >= 11 is 0. The minimum Gasteiger partial charge on any atom is -0.463 e. The molecule has 76 valence electrons. The van der Waals surface area contributed by atoms with Crippen LogP contribution < -0.4 is 0 Å². The first kappa shape index (κ1) is 11.9. The van der Waals surface area contributed by atoms with Gasteiger partial charge in [0.15, 0.2) is 0 Å². The van der Waals surface area contributed by atoms with Crippen molar-refractivity contribution in [2.24, 2.45) is 0 Å². The molecular formula is C8H14O5. The predicted molar refractivity (Wildman–Crippen MR) is 43.9 cm³/mol. The van der Waals surface area contributed by atoms with Crippen LogP contribution in [-0.4, -0.2) is 35.9 Å². The van der Waals surface area contributed by atoms with Crippen LogP contribution in [0.25, 0.3) is 0 Å². The Morgan fingerprint density at radius 2 is 1.85 bits per heavy atom. The van der Waals surface area contributed by atoms with E-state index in [-0.39, 0.29) is 6.61 Å². The molecule has 0 aliphatic rings. The summed E-state index contributed by atoms with van der Waals surface area (Å²) in [6.07, 6.45) is -1.65. The minimum atomic E-state index is -0.979. The van der Waals surface area contributed by atoms with E-state index in [0.29, 0.717) is 0 Å². The molecule has 0 aromatic rings. The van der Waals surface area contributed by atoms with Gasteiger partial charge in [-0.2, -0.15) is 0 Å². The lowest BCUT2D eigenvalue weighted by Gasteiger charge is -2.17. The number of rotatable bonds is 4. The van der Waals surface area contributed by atoms with E-state index in [4.69, 9.17) is 0 Å². The lowest BCUT2D eigenvalue weighted by Crippen LogP contribution is -2.32. The zero-order chi connectivity index (χ0) is 10.4. The van der Waals surface area contributed by atoms with Crippen molar-refractivity contribution in [2.75, 3.05) is 6.61 Å². The van der Waals surface area contributed by atoms with E-state index in [1.807, 2.05) is 0 Å². The molecule has 0 aliphatic heterocycles. The Labute approximate surface area is 76.6 Å². The number of carbonyl (C=O) groups is 2. The first-order chi connectivity index (χ1) is 5.93. The number of aliphatic hydroxyl groups excluding tert-OH is 1. The maximum absolute atomic E-state index is 10.5. The third-order valence-electron chi connectivity index (χ3n) is 1.35. The van der Waals surface area contributed by atoms with Crippen LogP contribution >= 0.6 is 0 Å². The van der Waals surface area contributed by atoms with Crippen molar-refractivity contribution >= 4 is 11.9 Å². The number of carbonyl (C=O) groups excluding carboxylic acids is 2. The molecular weight excluding hydrogens is 176 g/mol. The molecule has 5 heteroatoms. The van der Waals surface area contributed by atoms with E-state index in [0.717, 1.165) is 0 Å². The highest BCUT2D eigenvalue weighted by atomic mass is 16.6. The van der Waals surface area contributed by atoms with Crippen LogP contribution in [0.1, 0.15) is 20.8 Å². The van der Waals surface area contributed by atoms with Crippen LogP contribution in [-0.2, 0) is 19.1 Å². The van der Waals surface area contributed by atoms with E-state index in [2.05, 4.69) is 9.47 Å². The number of hydrogen-bond donors (Lipinski definition) is 1. The van der Waals surface area contributed by atoms with E-state index >= 15 is 0 Å². The Bertz CT molecular complexity index is 189. The Morgan fingerprint density at radius 1 is 1.31 bits per heavy atom.